The van der Waals surface area contributed by atoms with Gasteiger partial charge in [-0.2, -0.15) is 0 Å². The minimum absolute atomic E-state index is 0. The van der Waals surface area contributed by atoms with Gasteiger partial charge in [0.15, 0.2) is 0 Å². The van der Waals surface area contributed by atoms with Crippen molar-refractivity contribution in [1.82, 2.24) is 4.98 Å². The molecule has 64 valence electrons. The fourth-order valence-electron chi connectivity index (χ4n) is 0.995. The number of hydrogen-bond donors (Lipinski definition) is 1. The second kappa shape index (κ2) is 7.15. The Bertz CT molecular complexity index is 302. The van der Waals surface area contributed by atoms with E-state index in [1.54, 1.807) is 6.92 Å². The molecule has 2 aromatic rings. The Labute approximate surface area is 100 Å². The molecule has 2 nitrogen and oxygen atoms in total. The van der Waals surface area contributed by atoms with Crippen molar-refractivity contribution in [2.45, 2.75) is 6.92 Å². The van der Waals surface area contributed by atoms with Gasteiger partial charge in [0.1, 0.15) is 0 Å². The average Bonchev–Trinajstić information content (AvgIpc) is 2.52. The molecule has 3 heteroatoms. The van der Waals surface area contributed by atoms with Crippen molar-refractivity contribution in [3.05, 3.63) is 36.5 Å². The Morgan fingerprint density at radius 3 is 2.46 bits per heavy atom. The third-order valence-corrected chi connectivity index (χ3v) is 1.46. The fourth-order valence-corrected chi connectivity index (χ4v) is 0.995. The number of H-pyrrole nitrogens is 1. The van der Waals surface area contributed by atoms with Gasteiger partial charge < -0.3 is 10.1 Å². The second-order valence-corrected chi connectivity index (χ2v) is 2.35. The fraction of sp³-hybridized carbons (Fsp3) is 0.200. The van der Waals surface area contributed by atoms with Crippen LogP contribution in [0.3, 0.4) is 0 Å². The van der Waals surface area contributed by atoms with E-state index in [2.05, 4.69) is 23.2 Å². The number of fused-ring (bicyclic) bond motifs is 1. The molecule has 0 radical (unpaired) electrons. The molecule has 1 aromatic carbocycles. The summed E-state index contributed by atoms with van der Waals surface area (Å²) in [4.78, 5) is 3.12. The average molecular weight is 185 g/mol. The first kappa shape index (κ1) is 12.7. The Kier molecular flexibility index (Phi) is 7.00. The molecular formula is C10H12NNaO. The first-order valence-corrected chi connectivity index (χ1v) is 3.98. The molecule has 0 unspecified atom stereocenters. The monoisotopic (exact) mass is 185 g/mol. The van der Waals surface area contributed by atoms with Crippen LogP contribution in [0.5, 0.6) is 0 Å². The quantitative estimate of drug-likeness (QED) is 0.500. The molecule has 0 aliphatic heterocycles. The van der Waals surface area contributed by atoms with Crippen LogP contribution in [-0.2, 0) is 0 Å². The summed E-state index contributed by atoms with van der Waals surface area (Å²) in [7, 11) is 0. The smallest absolute Gasteiger partial charge is 0.855 e. The third kappa shape index (κ3) is 3.96. The number of aromatic amines is 1. The summed E-state index contributed by atoms with van der Waals surface area (Å²) < 4.78 is 0. The molecule has 0 spiro atoms. The van der Waals surface area contributed by atoms with E-state index in [9.17, 15) is 0 Å². The van der Waals surface area contributed by atoms with Gasteiger partial charge in [-0.25, -0.2) is 0 Å². The molecule has 1 N–H and O–H groups in total. The largest absolute Gasteiger partial charge is 1.00 e. The molecule has 1 heterocycles. The van der Waals surface area contributed by atoms with Crippen molar-refractivity contribution in [3.63, 3.8) is 0 Å². The van der Waals surface area contributed by atoms with E-state index in [1.165, 1.54) is 10.9 Å². The normalized spacial score (nSPS) is 8.46. The van der Waals surface area contributed by atoms with Gasteiger partial charge in [-0.1, -0.05) is 25.1 Å². The van der Waals surface area contributed by atoms with Crippen LogP contribution in [-0.4, -0.2) is 11.6 Å². The first-order chi connectivity index (χ1) is 5.88. The van der Waals surface area contributed by atoms with Gasteiger partial charge in [0.25, 0.3) is 0 Å². The SMILES string of the molecule is CC[O-].[Na+].c1ccc2[nH]ccc2c1. The Morgan fingerprint density at radius 2 is 1.85 bits per heavy atom. The van der Waals surface area contributed by atoms with Crippen LogP contribution in [0.25, 0.3) is 10.9 Å². The van der Waals surface area contributed by atoms with Crippen LogP contribution in [0.1, 0.15) is 6.92 Å². The zero-order valence-corrected chi connectivity index (χ0v) is 10.1. The van der Waals surface area contributed by atoms with Crippen molar-refractivity contribution >= 4 is 10.9 Å². The van der Waals surface area contributed by atoms with Crippen LogP contribution >= 0.6 is 0 Å². The minimum Gasteiger partial charge on any atom is -0.855 e. The van der Waals surface area contributed by atoms with Crippen LogP contribution in [0.2, 0.25) is 0 Å². The molecule has 0 aliphatic rings. The van der Waals surface area contributed by atoms with Crippen LogP contribution in [0.4, 0.5) is 0 Å². The zero-order chi connectivity index (χ0) is 8.81. The minimum atomic E-state index is 0. The summed E-state index contributed by atoms with van der Waals surface area (Å²) >= 11 is 0. The summed E-state index contributed by atoms with van der Waals surface area (Å²) in [5.74, 6) is 0. The molecule has 0 amide bonds. The third-order valence-electron chi connectivity index (χ3n) is 1.46. The van der Waals surface area contributed by atoms with Gasteiger partial charge in [-0.05, 0) is 17.5 Å². The van der Waals surface area contributed by atoms with Gasteiger partial charge >= 0.3 is 29.6 Å². The maximum Gasteiger partial charge on any atom is 1.00 e. The zero-order valence-electron chi connectivity index (χ0n) is 8.08. The number of nitrogens with one attached hydrogen (secondary N) is 1. The molecular weight excluding hydrogens is 173 g/mol. The topological polar surface area (TPSA) is 38.8 Å². The predicted octanol–water partition coefficient (Wildman–Crippen LogP) is -1.46. The maximum atomic E-state index is 8.93. The molecule has 13 heavy (non-hydrogen) atoms. The van der Waals surface area contributed by atoms with Gasteiger partial charge in [-0.15, -0.1) is 6.61 Å². The van der Waals surface area contributed by atoms with Crippen molar-refractivity contribution in [2.75, 3.05) is 6.61 Å². The molecule has 0 saturated heterocycles. The van der Waals surface area contributed by atoms with Gasteiger partial charge in [0.2, 0.25) is 0 Å². The van der Waals surface area contributed by atoms with Crippen molar-refractivity contribution in [1.29, 1.82) is 0 Å². The predicted molar refractivity (Wildman–Crippen MR) is 48.8 cm³/mol. The van der Waals surface area contributed by atoms with E-state index in [-0.39, 0.29) is 36.2 Å². The Balaban J connectivity index is 0.000000324. The second-order valence-electron chi connectivity index (χ2n) is 2.35. The van der Waals surface area contributed by atoms with E-state index in [0.29, 0.717) is 0 Å². The van der Waals surface area contributed by atoms with Gasteiger partial charge in [-0.3, -0.25) is 0 Å². The molecule has 2 rings (SSSR count). The van der Waals surface area contributed by atoms with Crippen molar-refractivity contribution in [3.8, 4) is 0 Å². The standard InChI is InChI=1S/C8H7N.C2H5O.Na/c1-2-4-8-7(3-1)5-6-9-8;1-2-3;/h1-6,9H;2H2,1H3;/q;-1;+1. The molecule has 0 bridgehead atoms. The van der Waals surface area contributed by atoms with E-state index in [1.807, 2.05) is 18.3 Å². The van der Waals surface area contributed by atoms with E-state index in [4.69, 9.17) is 5.11 Å². The Hall–Kier alpha value is -0.280. The summed E-state index contributed by atoms with van der Waals surface area (Å²) in [6.45, 7) is 1.57. The van der Waals surface area contributed by atoms with Crippen molar-refractivity contribution in [2.24, 2.45) is 0 Å². The van der Waals surface area contributed by atoms with Crippen LogP contribution in [0.15, 0.2) is 36.5 Å². The van der Waals surface area contributed by atoms with Crippen LogP contribution in [0, 0.1) is 0 Å². The molecule has 0 atom stereocenters. The number of rotatable bonds is 0. The van der Waals surface area contributed by atoms with Crippen LogP contribution < -0.4 is 34.7 Å². The molecule has 0 saturated carbocycles. The molecule has 0 aliphatic carbocycles. The maximum absolute atomic E-state index is 8.93. The number of benzene rings is 1. The van der Waals surface area contributed by atoms with E-state index >= 15 is 0 Å². The summed E-state index contributed by atoms with van der Waals surface area (Å²) in [6, 6.07) is 10.3. The summed E-state index contributed by atoms with van der Waals surface area (Å²) in [5.41, 5.74) is 1.21. The Morgan fingerprint density at radius 1 is 1.23 bits per heavy atom. The summed E-state index contributed by atoms with van der Waals surface area (Å²) in [6.07, 6.45) is 1.95. The molecule has 0 fully saturated rings. The number of para-hydroxylation sites is 1. The van der Waals surface area contributed by atoms with Crippen molar-refractivity contribution < 1.29 is 34.7 Å². The first-order valence-electron chi connectivity index (χ1n) is 3.98. The van der Waals surface area contributed by atoms with E-state index < -0.39 is 0 Å². The van der Waals surface area contributed by atoms with Gasteiger partial charge in [0, 0.05) is 11.7 Å². The van der Waals surface area contributed by atoms with E-state index in [0.717, 1.165) is 0 Å². The van der Waals surface area contributed by atoms with Gasteiger partial charge in [0.05, 0.1) is 0 Å². The number of hydrogen-bond acceptors (Lipinski definition) is 1. The summed E-state index contributed by atoms with van der Waals surface area (Å²) in [5, 5.41) is 10.2. The molecule has 1 aromatic heterocycles. The number of aromatic nitrogens is 1.